The van der Waals surface area contributed by atoms with Crippen LogP contribution in [0.1, 0.15) is 27.4 Å². The molecule has 2 aromatic carbocycles. The first kappa shape index (κ1) is 13.6. The second-order valence-electron chi connectivity index (χ2n) is 5.35. The molecule has 0 spiro atoms. The van der Waals surface area contributed by atoms with Crippen LogP contribution in [0.2, 0.25) is 0 Å². The van der Waals surface area contributed by atoms with Gasteiger partial charge in [0.25, 0.3) is 0 Å². The summed E-state index contributed by atoms with van der Waals surface area (Å²) < 4.78 is 0. The molecule has 3 rings (SSSR count). The van der Waals surface area contributed by atoms with Gasteiger partial charge < -0.3 is 5.11 Å². The largest absolute Gasteiger partial charge is 0.380 e. The van der Waals surface area contributed by atoms with Crippen molar-refractivity contribution in [2.75, 3.05) is 0 Å². The lowest BCUT2D eigenvalue weighted by Gasteiger charge is -2.29. The number of fused-ring (bicyclic) bond motifs is 1. The maximum absolute atomic E-state index is 12.7. The summed E-state index contributed by atoms with van der Waals surface area (Å²) >= 11 is 0. The molecule has 0 aliphatic heterocycles. The lowest BCUT2D eigenvalue weighted by molar-refractivity contribution is 0.0299. The molecule has 0 bridgehead atoms. The summed E-state index contributed by atoms with van der Waals surface area (Å²) in [5, 5.41) is 11.1. The van der Waals surface area contributed by atoms with Crippen LogP contribution < -0.4 is 0 Å². The Morgan fingerprint density at radius 1 is 1.14 bits per heavy atom. The van der Waals surface area contributed by atoms with E-state index >= 15 is 0 Å². The van der Waals surface area contributed by atoms with Gasteiger partial charge in [0.15, 0.2) is 5.78 Å². The molecule has 0 radical (unpaired) electrons. The summed E-state index contributed by atoms with van der Waals surface area (Å²) in [6, 6.07) is 16.9. The van der Waals surface area contributed by atoms with E-state index in [9.17, 15) is 9.90 Å². The van der Waals surface area contributed by atoms with Crippen molar-refractivity contribution < 1.29 is 9.90 Å². The predicted molar refractivity (Wildman–Crippen MR) is 82.3 cm³/mol. The molecular weight excluding hydrogens is 260 g/mol. The summed E-state index contributed by atoms with van der Waals surface area (Å²) in [5.74, 6) is -0.672. The van der Waals surface area contributed by atoms with E-state index in [0.717, 1.165) is 11.1 Å². The lowest BCUT2D eigenvalue weighted by atomic mass is 9.79. The standard InChI is InChI=1S/C19H16O2/c1-2-8-17(14-9-4-3-5-10-14)19(21)13-15-11-6-7-12-16(15)18(19)20/h3-12,17,21H,1,13H2/t17-,19-/m1/s1. The maximum atomic E-state index is 12.7. The molecule has 0 aromatic heterocycles. The molecule has 104 valence electrons. The molecule has 2 aromatic rings. The number of rotatable bonds is 3. The molecule has 0 heterocycles. The number of carbonyl (C=O) groups excluding carboxylic acids is 1. The van der Waals surface area contributed by atoms with Gasteiger partial charge in [-0.25, -0.2) is 0 Å². The van der Waals surface area contributed by atoms with Crippen LogP contribution >= 0.6 is 0 Å². The van der Waals surface area contributed by atoms with E-state index in [1.807, 2.05) is 48.5 Å². The van der Waals surface area contributed by atoms with Crippen LogP contribution in [0.25, 0.3) is 0 Å². The van der Waals surface area contributed by atoms with Crippen molar-refractivity contribution >= 4 is 5.78 Å². The third kappa shape index (κ3) is 2.15. The number of hydrogen-bond acceptors (Lipinski definition) is 2. The summed E-state index contributed by atoms with van der Waals surface area (Å²) in [6.07, 6.45) is 2.00. The topological polar surface area (TPSA) is 37.3 Å². The minimum Gasteiger partial charge on any atom is -0.380 e. The quantitative estimate of drug-likeness (QED) is 0.873. The predicted octanol–water partition coefficient (Wildman–Crippen LogP) is 3.28. The first-order chi connectivity index (χ1) is 10.2. The van der Waals surface area contributed by atoms with E-state index in [1.165, 1.54) is 0 Å². The Morgan fingerprint density at radius 2 is 1.81 bits per heavy atom. The third-order valence-corrected chi connectivity index (χ3v) is 4.07. The van der Waals surface area contributed by atoms with Crippen LogP contribution in [-0.4, -0.2) is 16.5 Å². The molecule has 2 nitrogen and oxygen atoms in total. The van der Waals surface area contributed by atoms with Gasteiger partial charge in [0, 0.05) is 17.9 Å². The zero-order valence-corrected chi connectivity index (χ0v) is 11.6. The van der Waals surface area contributed by atoms with E-state index in [4.69, 9.17) is 0 Å². The van der Waals surface area contributed by atoms with Gasteiger partial charge in [-0.2, -0.15) is 0 Å². The fourth-order valence-corrected chi connectivity index (χ4v) is 3.04. The van der Waals surface area contributed by atoms with E-state index in [0.29, 0.717) is 12.0 Å². The van der Waals surface area contributed by atoms with Crippen molar-refractivity contribution in [3.05, 3.63) is 89.7 Å². The number of benzene rings is 2. The van der Waals surface area contributed by atoms with Gasteiger partial charge in [-0.3, -0.25) is 4.79 Å². The molecule has 0 unspecified atom stereocenters. The molecule has 1 aliphatic carbocycles. The monoisotopic (exact) mass is 276 g/mol. The number of aliphatic hydroxyl groups is 1. The second kappa shape index (κ2) is 5.17. The van der Waals surface area contributed by atoms with Gasteiger partial charge >= 0.3 is 0 Å². The lowest BCUT2D eigenvalue weighted by Crippen LogP contribution is -2.41. The molecule has 0 saturated heterocycles. The number of carbonyl (C=O) groups is 1. The molecule has 21 heavy (non-hydrogen) atoms. The van der Waals surface area contributed by atoms with Gasteiger partial charge in [-0.15, -0.1) is 5.73 Å². The minimum atomic E-state index is -1.46. The van der Waals surface area contributed by atoms with E-state index in [2.05, 4.69) is 12.3 Å². The molecule has 0 saturated carbocycles. The van der Waals surface area contributed by atoms with Gasteiger partial charge in [-0.05, 0) is 17.2 Å². The van der Waals surface area contributed by atoms with Crippen LogP contribution in [0, 0.1) is 0 Å². The normalized spacial score (nSPS) is 21.5. The van der Waals surface area contributed by atoms with Crippen molar-refractivity contribution in [1.82, 2.24) is 0 Å². The summed E-state index contributed by atoms with van der Waals surface area (Å²) in [7, 11) is 0. The van der Waals surface area contributed by atoms with Crippen molar-refractivity contribution in [2.24, 2.45) is 0 Å². The summed E-state index contributed by atoms with van der Waals surface area (Å²) in [5.41, 5.74) is 3.65. The fraction of sp³-hybridized carbons (Fsp3) is 0.158. The van der Waals surface area contributed by atoms with Crippen LogP contribution in [0.15, 0.2) is 73.0 Å². The molecule has 0 amide bonds. The Kier molecular flexibility index (Phi) is 3.34. The number of hydrogen-bond donors (Lipinski definition) is 1. The van der Waals surface area contributed by atoms with Crippen molar-refractivity contribution in [1.29, 1.82) is 0 Å². The smallest absolute Gasteiger partial charge is 0.195 e. The van der Waals surface area contributed by atoms with Crippen LogP contribution in [0.4, 0.5) is 0 Å². The Hall–Kier alpha value is -2.41. The van der Waals surface area contributed by atoms with Crippen molar-refractivity contribution in [3.63, 3.8) is 0 Å². The molecule has 0 fully saturated rings. The number of ketones is 1. The van der Waals surface area contributed by atoms with E-state index in [-0.39, 0.29) is 5.78 Å². The average Bonchev–Trinajstić information content (AvgIpc) is 2.78. The van der Waals surface area contributed by atoms with Crippen molar-refractivity contribution in [3.8, 4) is 0 Å². The average molecular weight is 276 g/mol. The highest BCUT2D eigenvalue weighted by Gasteiger charge is 2.49. The minimum absolute atomic E-state index is 0.224. The van der Waals surface area contributed by atoms with E-state index in [1.54, 1.807) is 12.1 Å². The maximum Gasteiger partial charge on any atom is 0.195 e. The second-order valence-corrected chi connectivity index (χ2v) is 5.35. The summed E-state index contributed by atoms with van der Waals surface area (Å²) in [4.78, 5) is 12.7. The van der Waals surface area contributed by atoms with Gasteiger partial charge in [0.2, 0.25) is 0 Å². The molecule has 1 N–H and O–H groups in total. The van der Waals surface area contributed by atoms with Gasteiger partial charge in [-0.1, -0.05) is 61.2 Å². The molecule has 2 heteroatoms. The first-order valence-corrected chi connectivity index (χ1v) is 6.93. The molecular formula is C19H16O2. The zero-order valence-electron chi connectivity index (χ0n) is 11.6. The Labute approximate surface area is 124 Å². The number of Topliss-reactive ketones (excluding diaryl/α,β-unsaturated/α-hetero) is 1. The van der Waals surface area contributed by atoms with Crippen LogP contribution in [0.3, 0.4) is 0 Å². The van der Waals surface area contributed by atoms with Gasteiger partial charge in [0.1, 0.15) is 5.60 Å². The molecule has 2 atom stereocenters. The Bertz CT molecular complexity index is 726. The summed E-state index contributed by atoms with van der Waals surface area (Å²) in [6.45, 7) is 3.60. The highest BCUT2D eigenvalue weighted by Crippen LogP contribution is 2.40. The third-order valence-electron chi connectivity index (χ3n) is 4.07. The Balaban J connectivity index is 2.09. The fourth-order valence-electron chi connectivity index (χ4n) is 3.04. The van der Waals surface area contributed by atoms with Crippen LogP contribution in [0.5, 0.6) is 0 Å². The first-order valence-electron chi connectivity index (χ1n) is 6.93. The van der Waals surface area contributed by atoms with E-state index < -0.39 is 11.5 Å². The van der Waals surface area contributed by atoms with Crippen LogP contribution in [-0.2, 0) is 6.42 Å². The Morgan fingerprint density at radius 3 is 2.48 bits per heavy atom. The SMILES string of the molecule is C=C=C[C@H](c1ccccc1)[C@]1(O)Cc2ccccc2C1=O. The molecule has 1 aliphatic rings. The van der Waals surface area contributed by atoms with Gasteiger partial charge in [0.05, 0.1) is 0 Å². The highest BCUT2D eigenvalue weighted by molar-refractivity contribution is 6.07. The van der Waals surface area contributed by atoms with Crippen molar-refractivity contribution in [2.45, 2.75) is 17.9 Å². The zero-order chi connectivity index (χ0) is 14.9. The highest BCUT2D eigenvalue weighted by atomic mass is 16.3.